The lowest BCUT2D eigenvalue weighted by molar-refractivity contribution is -0.112. The minimum Gasteiger partial charge on any atom is -0.363 e. The van der Waals surface area contributed by atoms with Gasteiger partial charge in [-0.3, -0.25) is 14.5 Å². The Morgan fingerprint density at radius 1 is 1.47 bits per heavy atom. The van der Waals surface area contributed by atoms with E-state index in [1.165, 1.54) is 29.2 Å². The van der Waals surface area contributed by atoms with Crippen LogP contribution in [0.3, 0.4) is 0 Å². The standard InChI is InChI=1S/C19H25Cl2N5O2S2/c1-4-13(17(27)25-16-8-5-7-15(21)24-16)29-14(11-20)19(23-12-22)9-6-10-28-18(19)30-26(2)3/h4-5,7-8,11-12,18H,6,9-10H2,1-3H3,(H2,22,23)(H,24,25,27)/b13-4-,14-11+. The van der Waals surface area contributed by atoms with Crippen LogP contribution in [0.25, 0.3) is 0 Å². The molecule has 0 spiro atoms. The van der Waals surface area contributed by atoms with E-state index >= 15 is 0 Å². The third-order valence-electron chi connectivity index (χ3n) is 4.22. The average Bonchev–Trinajstić information content (AvgIpc) is 2.70. The van der Waals surface area contributed by atoms with Crippen molar-refractivity contribution in [3.8, 4) is 0 Å². The van der Waals surface area contributed by atoms with Crippen LogP contribution < -0.4 is 10.6 Å². The van der Waals surface area contributed by atoms with E-state index in [-0.39, 0.29) is 11.3 Å². The molecule has 1 saturated heterocycles. The summed E-state index contributed by atoms with van der Waals surface area (Å²) in [5.74, 6) is 0.0325. The van der Waals surface area contributed by atoms with Crippen LogP contribution in [0.1, 0.15) is 19.8 Å². The van der Waals surface area contributed by atoms with Crippen LogP contribution in [0.5, 0.6) is 0 Å². The van der Waals surface area contributed by atoms with Gasteiger partial charge in [0, 0.05) is 17.0 Å². The number of anilines is 1. The molecule has 2 heterocycles. The number of thioether (sulfide) groups is 1. The second-order valence-corrected chi connectivity index (χ2v) is 9.57. The van der Waals surface area contributed by atoms with E-state index < -0.39 is 5.54 Å². The Kier molecular flexibility index (Phi) is 9.99. The van der Waals surface area contributed by atoms with Gasteiger partial charge in [0.25, 0.3) is 5.91 Å². The molecule has 11 heteroatoms. The quantitative estimate of drug-likeness (QED) is 0.152. The minimum absolute atomic E-state index is 0.292. The highest BCUT2D eigenvalue weighted by atomic mass is 35.5. The fourth-order valence-electron chi connectivity index (χ4n) is 2.91. The molecule has 0 aromatic carbocycles. The van der Waals surface area contributed by atoms with E-state index in [2.05, 4.69) is 15.6 Å². The van der Waals surface area contributed by atoms with Gasteiger partial charge in [0.15, 0.2) is 0 Å². The van der Waals surface area contributed by atoms with E-state index in [1.807, 2.05) is 18.4 Å². The molecule has 2 unspecified atom stereocenters. The lowest BCUT2D eigenvalue weighted by Gasteiger charge is -2.45. The summed E-state index contributed by atoms with van der Waals surface area (Å²) in [6.07, 6.45) is 4.35. The Hall–Kier alpha value is -1.23. The molecule has 1 amide bonds. The second kappa shape index (κ2) is 12.0. The molecule has 164 valence electrons. The molecule has 1 fully saturated rings. The molecule has 2 atom stereocenters. The molecule has 1 aromatic rings. The molecule has 0 radical (unpaired) electrons. The number of allylic oxidation sites excluding steroid dienone is 1. The Bertz CT molecular complexity index is 822. The first-order valence-electron chi connectivity index (χ1n) is 9.17. The summed E-state index contributed by atoms with van der Waals surface area (Å²) in [6, 6.07) is 5.01. The zero-order valence-electron chi connectivity index (χ0n) is 16.9. The molecule has 0 saturated carbocycles. The number of ether oxygens (including phenoxy) is 1. The fourth-order valence-corrected chi connectivity index (χ4v) is 5.51. The molecule has 30 heavy (non-hydrogen) atoms. The summed E-state index contributed by atoms with van der Waals surface area (Å²) in [7, 11) is 3.86. The number of carbonyl (C=O) groups excluding carboxylic acids is 1. The molecule has 7 nitrogen and oxygen atoms in total. The van der Waals surface area contributed by atoms with Crippen LogP contribution in [0.15, 0.2) is 39.6 Å². The van der Waals surface area contributed by atoms with Gasteiger partial charge in [-0.25, -0.2) is 4.98 Å². The van der Waals surface area contributed by atoms with Crippen LogP contribution in [-0.2, 0) is 9.53 Å². The third-order valence-corrected chi connectivity index (χ3v) is 7.28. The Morgan fingerprint density at radius 3 is 2.83 bits per heavy atom. The largest absolute Gasteiger partial charge is 0.363 e. The number of hydrogen-bond donors (Lipinski definition) is 3. The van der Waals surface area contributed by atoms with Crippen molar-refractivity contribution in [1.82, 2.24) is 14.6 Å². The topological polar surface area (TPSA) is 90.3 Å². The van der Waals surface area contributed by atoms with Crippen molar-refractivity contribution in [3.05, 3.63) is 44.8 Å². The summed E-state index contributed by atoms with van der Waals surface area (Å²) < 4.78 is 7.97. The van der Waals surface area contributed by atoms with Gasteiger partial charge in [-0.1, -0.05) is 47.1 Å². The van der Waals surface area contributed by atoms with Crippen molar-refractivity contribution >= 4 is 65.0 Å². The zero-order valence-corrected chi connectivity index (χ0v) is 20.1. The van der Waals surface area contributed by atoms with E-state index in [0.29, 0.717) is 33.8 Å². The number of amides is 1. The molecule has 0 bridgehead atoms. The maximum absolute atomic E-state index is 12.8. The molecule has 1 aromatic heterocycles. The number of nitrogens with zero attached hydrogens (tertiary/aromatic N) is 2. The predicted molar refractivity (Wildman–Crippen MR) is 128 cm³/mol. The van der Waals surface area contributed by atoms with Crippen molar-refractivity contribution < 1.29 is 9.53 Å². The summed E-state index contributed by atoms with van der Waals surface area (Å²) in [4.78, 5) is 18.1. The number of halogens is 2. The number of rotatable bonds is 9. The molecular formula is C19H25Cl2N5O2S2. The number of aromatic nitrogens is 1. The Morgan fingerprint density at radius 2 is 2.23 bits per heavy atom. The highest BCUT2D eigenvalue weighted by Crippen LogP contribution is 2.45. The Balaban J connectivity index is 2.28. The first-order chi connectivity index (χ1) is 14.4. The molecular weight excluding hydrogens is 465 g/mol. The number of carbonyl (C=O) groups is 1. The summed E-state index contributed by atoms with van der Waals surface area (Å²) >= 11 is 14.9. The maximum atomic E-state index is 12.8. The number of hydrogen-bond acceptors (Lipinski definition) is 7. The zero-order chi connectivity index (χ0) is 22.1. The van der Waals surface area contributed by atoms with Crippen molar-refractivity contribution in [1.29, 1.82) is 5.41 Å². The van der Waals surface area contributed by atoms with Crippen LogP contribution in [0.4, 0.5) is 5.82 Å². The first-order valence-corrected chi connectivity index (χ1v) is 11.6. The SMILES string of the molecule is C/C=C(\S/C(=C/Cl)C1(NC=N)CCCOC1SN(C)C)C(=O)Nc1cccc(Cl)n1. The average molecular weight is 490 g/mol. The van der Waals surface area contributed by atoms with Crippen molar-refractivity contribution in [2.24, 2.45) is 0 Å². The molecule has 1 aliphatic heterocycles. The predicted octanol–water partition coefficient (Wildman–Crippen LogP) is 4.67. The lowest BCUT2D eigenvalue weighted by atomic mass is 9.92. The van der Waals surface area contributed by atoms with Gasteiger partial charge >= 0.3 is 0 Å². The van der Waals surface area contributed by atoms with Gasteiger partial charge in [-0.05, 0) is 57.9 Å². The maximum Gasteiger partial charge on any atom is 0.263 e. The molecule has 2 rings (SSSR count). The van der Waals surface area contributed by atoms with Crippen molar-refractivity contribution in [2.75, 3.05) is 26.0 Å². The monoisotopic (exact) mass is 489 g/mol. The highest BCUT2D eigenvalue weighted by molar-refractivity contribution is 8.07. The highest BCUT2D eigenvalue weighted by Gasteiger charge is 2.46. The van der Waals surface area contributed by atoms with Gasteiger partial charge in [0.2, 0.25) is 0 Å². The molecule has 3 N–H and O–H groups in total. The minimum atomic E-state index is -0.746. The van der Waals surface area contributed by atoms with E-state index in [0.717, 1.165) is 12.8 Å². The summed E-state index contributed by atoms with van der Waals surface area (Å²) in [5, 5.41) is 13.9. The van der Waals surface area contributed by atoms with Gasteiger partial charge < -0.3 is 15.4 Å². The van der Waals surface area contributed by atoms with Gasteiger partial charge in [-0.15, -0.1) is 0 Å². The van der Waals surface area contributed by atoms with Gasteiger partial charge in [0.1, 0.15) is 21.9 Å². The lowest BCUT2D eigenvalue weighted by Crippen LogP contribution is -2.57. The third kappa shape index (κ3) is 6.38. The van der Waals surface area contributed by atoms with E-state index in [9.17, 15) is 4.79 Å². The normalized spacial score (nSPS) is 22.7. The number of pyridine rings is 1. The van der Waals surface area contributed by atoms with Crippen LogP contribution in [0.2, 0.25) is 5.15 Å². The molecule has 1 aliphatic rings. The van der Waals surface area contributed by atoms with E-state index in [4.69, 9.17) is 33.3 Å². The van der Waals surface area contributed by atoms with Crippen LogP contribution in [-0.4, -0.2) is 53.2 Å². The van der Waals surface area contributed by atoms with Gasteiger partial charge in [-0.2, -0.15) is 0 Å². The van der Waals surface area contributed by atoms with Crippen LogP contribution in [0, 0.1) is 5.41 Å². The van der Waals surface area contributed by atoms with E-state index in [1.54, 1.807) is 31.2 Å². The van der Waals surface area contributed by atoms with Crippen LogP contribution >= 0.6 is 46.9 Å². The smallest absolute Gasteiger partial charge is 0.263 e. The van der Waals surface area contributed by atoms with Gasteiger partial charge in [0.05, 0.1) is 11.2 Å². The first kappa shape index (κ1) is 25.0. The summed E-state index contributed by atoms with van der Waals surface area (Å²) in [5.41, 5.74) is 0.383. The fraction of sp³-hybridized carbons (Fsp3) is 0.421. The second-order valence-electron chi connectivity index (χ2n) is 6.51. The number of nitrogens with one attached hydrogen (secondary N) is 3. The molecule has 0 aliphatic carbocycles. The van der Waals surface area contributed by atoms with Crippen molar-refractivity contribution in [3.63, 3.8) is 0 Å². The van der Waals surface area contributed by atoms with Crippen molar-refractivity contribution in [2.45, 2.75) is 30.7 Å². The summed E-state index contributed by atoms with van der Waals surface area (Å²) in [6.45, 7) is 2.39. The Labute approximate surface area is 195 Å².